The van der Waals surface area contributed by atoms with E-state index in [1.54, 1.807) is 6.33 Å². The molecule has 1 aliphatic carbocycles. The summed E-state index contributed by atoms with van der Waals surface area (Å²) in [6.45, 7) is 1.91. The van der Waals surface area contributed by atoms with Gasteiger partial charge in [-0.05, 0) is 19.8 Å². The molecule has 1 aliphatic rings. The second-order valence-corrected chi connectivity index (χ2v) is 4.04. The van der Waals surface area contributed by atoms with Gasteiger partial charge in [-0.2, -0.15) is 0 Å². The van der Waals surface area contributed by atoms with Crippen LogP contribution in [0.4, 0.5) is 5.82 Å². The summed E-state index contributed by atoms with van der Waals surface area (Å²) in [6.07, 6.45) is 4.18. The van der Waals surface area contributed by atoms with E-state index in [1.807, 2.05) is 6.92 Å². The van der Waals surface area contributed by atoms with Crippen molar-refractivity contribution >= 4 is 17.0 Å². The number of fused-ring (bicyclic) bond motifs is 1. The molecule has 78 valence electrons. The zero-order chi connectivity index (χ0) is 10.4. The van der Waals surface area contributed by atoms with Crippen molar-refractivity contribution in [1.82, 2.24) is 19.9 Å². The van der Waals surface area contributed by atoms with Gasteiger partial charge in [-0.25, -0.2) is 15.0 Å². The topological polar surface area (TPSA) is 57.7 Å². The van der Waals surface area contributed by atoms with Crippen LogP contribution >= 0.6 is 0 Å². The molecule has 0 unspecified atom stereocenters. The van der Waals surface area contributed by atoms with Crippen LogP contribution in [0.2, 0.25) is 0 Å². The second kappa shape index (κ2) is 2.92. The summed E-state index contributed by atoms with van der Waals surface area (Å²) in [7, 11) is 2.08. The lowest BCUT2D eigenvalue weighted by molar-refractivity contribution is 0.883. The number of anilines is 1. The van der Waals surface area contributed by atoms with Crippen molar-refractivity contribution in [2.45, 2.75) is 25.8 Å². The third-order valence-corrected chi connectivity index (χ3v) is 2.80. The summed E-state index contributed by atoms with van der Waals surface area (Å²) >= 11 is 0. The molecule has 0 aliphatic heterocycles. The van der Waals surface area contributed by atoms with Crippen LogP contribution in [0.1, 0.15) is 18.7 Å². The molecule has 5 heteroatoms. The highest BCUT2D eigenvalue weighted by Crippen LogP contribution is 2.31. The minimum absolute atomic E-state index is 0.638. The van der Waals surface area contributed by atoms with Crippen LogP contribution in [0, 0.1) is 6.92 Å². The van der Waals surface area contributed by atoms with Crippen LogP contribution in [0.25, 0.3) is 11.2 Å². The van der Waals surface area contributed by atoms with Gasteiger partial charge in [0.25, 0.3) is 0 Å². The maximum Gasteiger partial charge on any atom is 0.163 e. The van der Waals surface area contributed by atoms with E-state index in [9.17, 15) is 0 Å². The lowest BCUT2D eigenvalue weighted by atomic mass is 10.4. The fourth-order valence-electron chi connectivity index (χ4n) is 1.81. The van der Waals surface area contributed by atoms with Gasteiger partial charge in [0, 0.05) is 13.1 Å². The Hall–Kier alpha value is -1.65. The Morgan fingerprint density at radius 1 is 1.40 bits per heavy atom. The molecule has 1 saturated carbocycles. The lowest BCUT2D eigenvalue weighted by Gasteiger charge is -2.17. The zero-order valence-corrected chi connectivity index (χ0v) is 8.86. The molecule has 2 heterocycles. The Labute approximate surface area is 87.6 Å². The first-order chi connectivity index (χ1) is 7.25. The van der Waals surface area contributed by atoms with Gasteiger partial charge in [-0.3, -0.25) is 0 Å². The van der Waals surface area contributed by atoms with E-state index in [0.29, 0.717) is 6.04 Å². The highest BCUT2D eigenvalue weighted by Gasteiger charge is 2.28. The molecular weight excluding hydrogens is 190 g/mol. The lowest BCUT2D eigenvalue weighted by Crippen LogP contribution is -2.21. The molecule has 1 N–H and O–H groups in total. The van der Waals surface area contributed by atoms with Crippen LogP contribution < -0.4 is 4.90 Å². The minimum atomic E-state index is 0.638. The number of aromatic nitrogens is 4. The second-order valence-electron chi connectivity index (χ2n) is 4.04. The van der Waals surface area contributed by atoms with Gasteiger partial charge in [0.05, 0.1) is 6.33 Å². The summed E-state index contributed by atoms with van der Waals surface area (Å²) in [5.41, 5.74) is 1.69. The predicted molar refractivity (Wildman–Crippen MR) is 57.8 cm³/mol. The van der Waals surface area contributed by atoms with Crippen LogP contribution in [0.15, 0.2) is 6.33 Å². The molecule has 0 atom stereocenters. The van der Waals surface area contributed by atoms with Gasteiger partial charge in [0.15, 0.2) is 11.5 Å². The largest absolute Gasteiger partial charge is 0.355 e. The van der Waals surface area contributed by atoms with Crippen molar-refractivity contribution < 1.29 is 0 Å². The van der Waals surface area contributed by atoms with Crippen molar-refractivity contribution in [2.24, 2.45) is 0 Å². The summed E-state index contributed by atoms with van der Waals surface area (Å²) < 4.78 is 0. The van der Waals surface area contributed by atoms with E-state index in [2.05, 4.69) is 31.9 Å². The van der Waals surface area contributed by atoms with E-state index in [1.165, 1.54) is 12.8 Å². The molecule has 2 aromatic rings. The Morgan fingerprint density at radius 2 is 2.20 bits per heavy atom. The molecular formula is C10H13N5. The van der Waals surface area contributed by atoms with Crippen LogP contribution in [-0.4, -0.2) is 33.0 Å². The van der Waals surface area contributed by atoms with Gasteiger partial charge in [0.1, 0.15) is 11.3 Å². The number of hydrogen-bond donors (Lipinski definition) is 1. The summed E-state index contributed by atoms with van der Waals surface area (Å²) in [5, 5.41) is 0. The molecule has 0 saturated heterocycles. The maximum absolute atomic E-state index is 4.47. The number of nitrogens with one attached hydrogen (secondary N) is 1. The highest BCUT2D eigenvalue weighted by molar-refractivity contribution is 5.83. The average molecular weight is 203 g/mol. The molecule has 15 heavy (non-hydrogen) atoms. The number of aryl methyl sites for hydroxylation is 1. The van der Waals surface area contributed by atoms with Gasteiger partial charge in [-0.15, -0.1) is 0 Å². The highest BCUT2D eigenvalue weighted by atomic mass is 15.2. The van der Waals surface area contributed by atoms with Gasteiger partial charge in [0.2, 0.25) is 0 Å². The van der Waals surface area contributed by atoms with E-state index < -0.39 is 0 Å². The Balaban J connectivity index is 2.18. The minimum Gasteiger partial charge on any atom is -0.355 e. The summed E-state index contributed by atoms with van der Waals surface area (Å²) in [6, 6.07) is 0.638. The number of aromatic amines is 1. The molecule has 0 radical (unpaired) electrons. The first kappa shape index (κ1) is 8.64. The van der Waals surface area contributed by atoms with Crippen molar-refractivity contribution in [2.75, 3.05) is 11.9 Å². The number of nitrogens with zero attached hydrogens (tertiary/aromatic N) is 4. The molecule has 0 aromatic carbocycles. The van der Waals surface area contributed by atoms with Gasteiger partial charge in [-0.1, -0.05) is 0 Å². The smallest absolute Gasteiger partial charge is 0.163 e. The molecule has 0 bridgehead atoms. The number of hydrogen-bond acceptors (Lipinski definition) is 4. The van der Waals surface area contributed by atoms with Crippen LogP contribution in [0.3, 0.4) is 0 Å². The molecule has 1 fully saturated rings. The number of imidazole rings is 1. The van der Waals surface area contributed by atoms with Gasteiger partial charge >= 0.3 is 0 Å². The monoisotopic (exact) mass is 203 g/mol. The van der Waals surface area contributed by atoms with E-state index >= 15 is 0 Å². The SMILES string of the molecule is Cc1nc(N(C)C2CC2)c2nc[nH]c2n1. The van der Waals surface area contributed by atoms with Crippen molar-refractivity contribution in [3.05, 3.63) is 12.2 Å². The van der Waals surface area contributed by atoms with Crippen molar-refractivity contribution in [1.29, 1.82) is 0 Å². The normalized spacial score (nSPS) is 15.9. The number of H-pyrrole nitrogens is 1. The first-order valence-corrected chi connectivity index (χ1v) is 5.16. The van der Waals surface area contributed by atoms with Crippen molar-refractivity contribution in [3.8, 4) is 0 Å². The maximum atomic E-state index is 4.47. The average Bonchev–Trinajstić information content (AvgIpc) is 2.96. The van der Waals surface area contributed by atoms with Crippen LogP contribution in [-0.2, 0) is 0 Å². The van der Waals surface area contributed by atoms with Gasteiger partial charge < -0.3 is 9.88 Å². The predicted octanol–water partition coefficient (Wildman–Crippen LogP) is 1.26. The third-order valence-electron chi connectivity index (χ3n) is 2.80. The summed E-state index contributed by atoms with van der Waals surface area (Å²) in [5.74, 6) is 1.73. The fourth-order valence-corrected chi connectivity index (χ4v) is 1.81. The molecule has 2 aromatic heterocycles. The molecule has 5 nitrogen and oxygen atoms in total. The van der Waals surface area contributed by atoms with E-state index in [4.69, 9.17) is 0 Å². The first-order valence-electron chi connectivity index (χ1n) is 5.16. The fraction of sp³-hybridized carbons (Fsp3) is 0.500. The van der Waals surface area contributed by atoms with E-state index in [-0.39, 0.29) is 0 Å². The van der Waals surface area contributed by atoms with Crippen molar-refractivity contribution in [3.63, 3.8) is 0 Å². The Morgan fingerprint density at radius 3 is 2.93 bits per heavy atom. The molecule has 3 rings (SSSR count). The Bertz CT molecular complexity index is 499. The quantitative estimate of drug-likeness (QED) is 0.798. The Kier molecular flexibility index (Phi) is 1.68. The molecule has 0 amide bonds. The standard InChI is InChI=1S/C10H13N5/c1-6-13-9-8(11-5-12-9)10(14-6)15(2)7-3-4-7/h5,7H,3-4H2,1-2H3,(H,11,12,13,14). The van der Waals surface area contributed by atoms with E-state index in [0.717, 1.165) is 22.8 Å². The zero-order valence-electron chi connectivity index (χ0n) is 8.86. The number of rotatable bonds is 2. The molecule has 0 spiro atoms. The third kappa shape index (κ3) is 1.35. The van der Waals surface area contributed by atoms with Crippen LogP contribution in [0.5, 0.6) is 0 Å². The summed E-state index contributed by atoms with van der Waals surface area (Å²) in [4.78, 5) is 18.3.